The van der Waals surface area contributed by atoms with Crippen LogP contribution in [0.25, 0.3) is 0 Å². The summed E-state index contributed by atoms with van der Waals surface area (Å²) in [6.45, 7) is 5.49. The van der Waals surface area contributed by atoms with Crippen molar-refractivity contribution in [3.8, 4) is 0 Å². The van der Waals surface area contributed by atoms with Crippen LogP contribution in [0.2, 0.25) is 0 Å². The molecular formula is C18H28ClN3O2. The van der Waals surface area contributed by atoms with E-state index in [4.69, 9.17) is 5.73 Å². The normalized spacial score (nSPS) is 15.8. The Balaban J connectivity index is 0.00000288. The quantitative estimate of drug-likeness (QED) is 0.824. The van der Waals surface area contributed by atoms with Crippen molar-refractivity contribution in [3.63, 3.8) is 0 Å². The van der Waals surface area contributed by atoms with Crippen LogP contribution in [0, 0.1) is 0 Å². The smallest absolute Gasteiger partial charge is 0.239 e. The summed E-state index contributed by atoms with van der Waals surface area (Å²) in [4.78, 5) is 25.3. The van der Waals surface area contributed by atoms with Crippen molar-refractivity contribution in [2.45, 2.75) is 45.1 Å². The first-order valence-electron chi connectivity index (χ1n) is 8.37. The summed E-state index contributed by atoms with van der Waals surface area (Å²) < 4.78 is 0. The zero-order chi connectivity index (χ0) is 16.8. The molecule has 5 nitrogen and oxygen atoms in total. The summed E-state index contributed by atoms with van der Waals surface area (Å²) in [7, 11) is 0. The number of hydrogen-bond donors (Lipinski definition) is 2. The van der Waals surface area contributed by atoms with Crippen LogP contribution in [0.1, 0.15) is 56.2 Å². The summed E-state index contributed by atoms with van der Waals surface area (Å²) in [5.41, 5.74) is 8.41. The number of likely N-dealkylation sites (tertiary alicyclic amines) is 1. The topological polar surface area (TPSA) is 75.4 Å². The van der Waals surface area contributed by atoms with E-state index in [1.165, 1.54) is 5.56 Å². The maximum atomic E-state index is 12.0. The molecule has 1 atom stereocenters. The van der Waals surface area contributed by atoms with E-state index in [1.807, 2.05) is 12.1 Å². The number of nitrogens with zero attached hydrogens (tertiary/aromatic N) is 1. The van der Waals surface area contributed by atoms with E-state index in [-0.39, 0.29) is 36.8 Å². The minimum atomic E-state index is -0.239. The Labute approximate surface area is 150 Å². The molecule has 0 aromatic heterocycles. The molecule has 0 bridgehead atoms. The summed E-state index contributed by atoms with van der Waals surface area (Å²) in [6, 6.07) is 7.94. The molecule has 1 saturated heterocycles. The van der Waals surface area contributed by atoms with Crippen LogP contribution < -0.4 is 11.1 Å². The fourth-order valence-corrected chi connectivity index (χ4v) is 2.73. The van der Waals surface area contributed by atoms with Crippen molar-refractivity contribution >= 4 is 24.2 Å². The van der Waals surface area contributed by atoms with Crippen LogP contribution in [0.5, 0.6) is 0 Å². The molecule has 1 fully saturated rings. The number of halogens is 1. The maximum absolute atomic E-state index is 12.0. The molecule has 0 spiro atoms. The molecule has 0 saturated carbocycles. The van der Waals surface area contributed by atoms with E-state index in [0.717, 1.165) is 18.4 Å². The number of benzene rings is 1. The second-order valence-electron chi connectivity index (χ2n) is 6.50. The Bertz CT molecular complexity index is 546. The minimum absolute atomic E-state index is 0. The highest BCUT2D eigenvalue weighted by Gasteiger charge is 2.20. The first kappa shape index (κ1) is 20.5. The van der Waals surface area contributed by atoms with Crippen LogP contribution in [-0.2, 0) is 9.59 Å². The van der Waals surface area contributed by atoms with Gasteiger partial charge in [0.1, 0.15) is 0 Å². The standard InChI is InChI=1S/C18H27N3O2.ClH/c1-13(2)14-6-8-15(9-7-14)16(19)11-20-17(22)12-21-10-4-3-5-18(21)23;/h6-9,13,16H,3-5,10-12,19H2,1-2H3,(H,20,22);1H. The lowest BCUT2D eigenvalue weighted by Gasteiger charge is -2.26. The lowest BCUT2D eigenvalue weighted by molar-refractivity contribution is -0.137. The highest BCUT2D eigenvalue weighted by Crippen LogP contribution is 2.17. The van der Waals surface area contributed by atoms with Gasteiger partial charge in [0.05, 0.1) is 6.54 Å². The fourth-order valence-electron chi connectivity index (χ4n) is 2.73. The second kappa shape index (κ2) is 9.64. The number of carbonyl (C=O) groups excluding carboxylic acids is 2. The number of nitrogens with two attached hydrogens (primary N) is 1. The molecule has 1 aromatic carbocycles. The average molecular weight is 354 g/mol. The molecule has 3 N–H and O–H groups in total. The molecule has 1 heterocycles. The highest BCUT2D eigenvalue weighted by atomic mass is 35.5. The predicted molar refractivity (Wildman–Crippen MR) is 98.1 cm³/mol. The molecular weight excluding hydrogens is 326 g/mol. The molecule has 1 aromatic rings. The lowest BCUT2D eigenvalue weighted by Crippen LogP contribution is -2.44. The van der Waals surface area contributed by atoms with Gasteiger partial charge in [0.25, 0.3) is 0 Å². The van der Waals surface area contributed by atoms with E-state index in [0.29, 0.717) is 25.4 Å². The van der Waals surface area contributed by atoms with Gasteiger partial charge in [-0.25, -0.2) is 0 Å². The molecule has 2 rings (SSSR count). The van der Waals surface area contributed by atoms with Crippen LogP contribution >= 0.6 is 12.4 Å². The summed E-state index contributed by atoms with van der Waals surface area (Å²) in [5.74, 6) is 0.413. The number of rotatable bonds is 6. The monoisotopic (exact) mass is 353 g/mol. The molecule has 134 valence electrons. The Morgan fingerprint density at radius 2 is 1.83 bits per heavy atom. The van der Waals surface area contributed by atoms with Gasteiger partial charge in [-0.15, -0.1) is 12.4 Å². The molecule has 1 aliphatic rings. The zero-order valence-corrected chi connectivity index (χ0v) is 15.3. The van der Waals surface area contributed by atoms with Gasteiger partial charge in [0, 0.05) is 25.6 Å². The van der Waals surface area contributed by atoms with Gasteiger partial charge >= 0.3 is 0 Å². The first-order valence-corrected chi connectivity index (χ1v) is 8.37. The van der Waals surface area contributed by atoms with Crippen LogP contribution in [0.3, 0.4) is 0 Å². The molecule has 0 aliphatic carbocycles. The third-order valence-corrected chi connectivity index (χ3v) is 4.31. The van der Waals surface area contributed by atoms with Crippen molar-refractivity contribution in [1.82, 2.24) is 10.2 Å². The average Bonchev–Trinajstić information content (AvgIpc) is 2.55. The van der Waals surface area contributed by atoms with Crippen molar-refractivity contribution in [3.05, 3.63) is 35.4 Å². The Morgan fingerprint density at radius 1 is 1.21 bits per heavy atom. The highest BCUT2D eigenvalue weighted by molar-refractivity contribution is 5.85. The van der Waals surface area contributed by atoms with Gasteiger partial charge in [0.2, 0.25) is 11.8 Å². The minimum Gasteiger partial charge on any atom is -0.353 e. The van der Waals surface area contributed by atoms with Gasteiger partial charge in [-0.3, -0.25) is 9.59 Å². The number of amides is 2. The van der Waals surface area contributed by atoms with Crippen molar-refractivity contribution < 1.29 is 9.59 Å². The Kier molecular flexibility index (Phi) is 8.22. The van der Waals surface area contributed by atoms with Gasteiger partial charge in [-0.1, -0.05) is 38.1 Å². The van der Waals surface area contributed by atoms with Gasteiger partial charge in [0.15, 0.2) is 0 Å². The molecule has 6 heteroatoms. The Morgan fingerprint density at radius 3 is 2.42 bits per heavy atom. The fraction of sp³-hybridized carbons (Fsp3) is 0.556. The number of hydrogen-bond acceptors (Lipinski definition) is 3. The van der Waals surface area contributed by atoms with E-state index in [1.54, 1.807) is 4.90 Å². The second-order valence-corrected chi connectivity index (χ2v) is 6.50. The van der Waals surface area contributed by atoms with E-state index in [9.17, 15) is 9.59 Å². The summed E-state index contributed by atoms with van der Waals surface area (Å²) in [5, 5.41) is 2.83. The first-order chi connectivity index (χ1) is 11.0. The van der Waals surface area contributed by atoms with Crippen LogP contribution in [-0.4, -0.2) is 36.3 Å². The van der Waals surface area contributed by atoms with Crippen molar-refractivity contribution in [1.29, 1.82) is 0 Å². The van der Waals surface area contributed by atoms with Crippen LogP contribution in [0.15, 0.2) is 24.3 Å². The number of nitrogens with one attached hydrogen (secondary N) is 1. The maximum Gasteiger partial charge on any atom is 0.239 e. The summed E-state index contributed by atoms with van der Waals surface area (Å²) in [6.07, 6.45) is 2.45. The Hall–Kier alpha value is -1.59. The molecule has 1 unspecified atom stereocenters. The van der Waals surface area contributed by atoms with Gasteiger partial charge < -0.3 is 16.0 Å². The molecule has 2 amide bonds. The van der Waals surface area contributed by atoms with Gasteiger partial charge in [-0.2, -0.15) is 0 Å². The van der Waals surface area contributed by atoms with E-state index in [2.05, 4.69) is 31.3 Å². The zero-order valence-electron chi connectivity index (χ0n) is 14.5. The SMILES string of the molecule is CC(C)c1ccc(C(N)CNC(=O)CN2CCCCC2=O)cc1.Cl. The predicted octanol–water partition coefficient (Wildman–Crippen LogP) is 2.36. The third-order valence-electron chi connectivity index (χ3n) is 4.31. The molecule has 24 heavy (non-hydrogen) atoms. The lowest BCUT2D eigenvalue weighted by atomic mass is 9.99. The van der Waals surface area contributed by atoms with Crippen molar-refractivity contribution in [2.24, 2.45) is 5.73 Å². The number of carbonyl (C=O) groups is 2. The molecule has 0 radical (unpaired) electrons. The largest absolute Gasteiger partial charge is 0.353 e. The third kappa shape index (κ3) is 5.80. The molecule has 1 aliphatic heterocycles. The summed E-state index contributed by atoms with van der Waals surface area (Å²) >= 11 is 0. The van der Waals surface area contributed by atoms with E-state index >= 15 is 0 Å². The van der Waals surface area contributed by atoms with Crippen LogP contribution in [0.4, 0.5) is 0 Å². The van der Waals surface area contributed by atoms with E-state index < -0.39 is 0 Å². The number of piperidine rings is 1. The van der Waals surface area contributed by atoms with Gasteiger partial charge in [-0.05, 0) is 29.9 Å². The van der Waals surface area contributed by atoms with Crippen molar-refractivity contribution in [2.75, 3.05) is 19.6 Å².